The van der Waals surface area contributed by atoms with Crippen LogP contribution in [0.3, 0.4) is 0 Å². The summed E-state index contributed by atoms with van der Waals surface area (Å²) in [5, 5.41) is 2.92. The molecule has 3 heteroatoms. The van der Waals surface area contributed by atoms with E-state index in [2.05, 4.69) is 5.32 Å². The molecule has 0 bridgehead atoms. The first kappa shape index (κ1) is 10.8. The molecule has 0 aromatic heterocycles. The van der Waals surface area contributed by atoms with Crippen molar-refractivity contribution in [2.75, 3.05) is 13.6 Å². The Morgan fingerprint density at radius 1 is 1.27 bits per heavy atom. The van der Waals surface area contributed by atoms with Gasteiger partial charge in [0.25, 0.3) is 0 Å². The highest BCUT2D eigenvalue weighted by molar-refractivity contribution is 4.65. The molecule has 0 radical (unpaired) electrons. The molecule has 0 aliphatic rings. The van der Waals surface area contributed by atoms with Gasteiger partial charge in [-0.3, -0.25) is 0 Å². The molecular weight excluding hydrogens is 148 g/mol. The van der Waals surface area contributed by atoms with E-state index in [4.69, 9.17) is 0 Å². The molecule has 1 unspecified atom stereocenters. The van der Waals surface area contributed by atoms with E-state index in [1.807, 2.05) is 13.8 Å². The molecule has 68 valence electrons. The lowest BCUT2D eigenvalue weighted by atomic mass is 9.93. The molecule has 0 aliphatic heterocycles. The van der Waals surface area contributed by atoms with E-state index in [1.54, 1.807) is 7.05 Å². The number of hydrogen-bond acceptors (Lipinski definition) is 1. The standard InChI is InChI=1S/C8H17F2N/c1-6(2)7(5-11-3)4-8(9)10/h6-8,11H,4-5H2,1-3H3. The number of hydrogen-bond donors (Lipinski definition) is 1. The van der Waals surface area contributed by atoms with Crippen LogP contribution in [0.25, 0.3) is 0 Å². The molecule has 0 aliphatic carbocycles. The molecule has 0 aromatic carbocycles. The maximum atomic E-state index is 11.9. The third-order valence-electron chi connectivity index (χ3n) is 1.89. The number of alkyl halides is 2. The number of nitrogens with one attached hydrogen (secondary N) is 1. The largest absolute Gasteiger partial charge is 0.319 e. The predicted molar refractivity (Wildman–Crippen MR) is 42.9 cm³/mol. The zero-order valence-corrected chi connectivity index (χ0v) is 7.40. The normalized spacial score (nSPS) is 14.5. The van der Waals surface area contributed by atoms with Crippen LogP contribution >= 0.6 is 0 Å². The molecule has 0 spiro atoms. The number of halogens is 2. The molecule has 1 nitrogen and oxygen atoms in total. The Bertz CT molecular complexity index is 94.1. The van der Waals surface area contributed by atoms with Crippen molar-refractivity contribution in [3.05, 3.63) is 0 Å². The monoisotopic (exact) mass is 165 g/mol. The first-order valence-corrected chi connectivity index (χ1v) is 4.00. The van der Waals surface area contributed by atoms with Crippen molar-refractivity contribution >= 4 is 0 Å². The second-order valence-corrected chi connectivity index (χ2v) is 3.19. The Hall–Kier alpha value is -0.180. The topological polar surface area (TPSA) is 12.0 Å². The van der Waals surface area contributed by atoms with Gasteiger partial charge in [0.2, 0.25) is 6.43 Å². The van der Waals surface area contributed by atoms with Crippen LogP contribution in [0.15, 0.2) is 0 Å². The molecule has 0 heterocycles. The van der Waals surface area contributed by atoms with E-state index < -0.39 is 6.43 Å². The van der Waals surface area contributed by atoms with Gasteiger partial charge in [-0.15, -0.1) is 0 Å². The van der Waals surface area contributed by atoms with E-state index >= 15 is 0 Å². The van der Waals surface area contributed by atoms with Crippen molar-refractivity contribution in [1.82, 2.24) is 5.32 Å². The van der Waals surface area contributed by atoms with Crippen LogP contribution in [0.2, 0.25) is 0 Å². The highest BCUT2D eigenvalue weighted by atomic mass is 19.3. The molecule has 0 aromatic rings. The Morgan fingerprint density at radius 2 is 1.82 bits per heavy atom. The van der Waals surface area contributed by atoms with Crippen molar-refractivity contribution in [2.24, 2.45) is 11.8 Å². The highest BCUT2D eigenvalue weighted by Gasteiger charge is 2.17. The van der Waals surface area contributed by atoms with Gasteiger partial charge < -0.3 is 5.32 Å². The van der Waals surface area contributed by atoms with Gasteiger partial charge in [0.1, 0.15) is 0 Å². The van der Waals surface area contributed by atoms with Crippen molar-refractivity contribution in [2.45, 2.75) is 26.7 Å². The molecule has 1 atom stereocenters. The summed E-state index contributed by atoms with van der Waals surface area (Å²) in [7, 11) is 1.79. The van der Waals surface area contributed by atoms with E-state index in [0.717, 1.165) is 0 Å². The summed E-state index contributed by atoms with van der Waals surface area (Å²) in [6.45, 7) is 4.64. The minimum atomic E-state index is -2.17. The molecule has 0 rings (SSSR count). The summed E-state index contributed by atoms with van der Waals surface area (Å²) >= 11 is 0. The first-order chi connectivity index (χ1) is 5.07. The molecule has 11 heavy (non-hydrogen) atoms. The summed E-state index contributed by atoms with van der Waals surface area (Å²) in [4.78, 5) is 0. The van der Waals surface area contributed by atoms with Crippen LogP contribution < -0.4 is 5.32 Å². The molecule has 0 amide bonds. The molecule has 0 saturated carbocycles. The van der Waals surface area contributed by atoms with E-state index in [-0.39, 0.29) is 12.3 Å². The second-order valence-electron chi connectivity index (χ2n) is 3.19. The maximum absolute atomic E-state index is 11.9. The van der Waals surface area contributed by atoms with Gasteiger partial charge in [-0.1, -0.05) is 13.8 Å². The summed E-state index contributed by atoms with van der Waals surface area (Å²) in [6, 6.07) is 0. The van der Waals surface area contributed by atoms with Gasteiger partial charge in [0, 0.05) is 6.42 Å². The van der Waals surface area contributed by atoms with Gasteiger partial charge >= 0.3 is 0 Å². The van der Waals surface area contributed by atoms with E-state index in [0.29, 0.717) is 12.5 Å². The predicted octanol–water partition coefficient (Wildman–Crippen LogP) is 2.13. The second kappa shape index (κ2) is 5.47. The summed E-state index contributed by atoms with van der Waals surface area (Å²) in [6.07, 6.45) is -2.16. The van der Waals surface area contributed by atoms with Crippen LogP contribution in [-0.4, -0.2) is 20.0 Å². The van der Waals surface area contributed by atoms with Crippen molar-refractivity contribution in [1.29, 1.82) is 0 Å². The first-order valence-electron chi connectivity index (χ1n) is 4.00. The average molecular weight is 165 g/mol. The van der Waals surface area contributed by atoms with Crippen LogP contribution in [0.1, 0.15) is 20.3 Å². The Labute approximate surface area is 67.2 Å². The SMILES string of the molecule is CNCC(CC(F)F)C(C)C. The Morgan fingerprint density at radius 3 is 2.09 bits per heavy atom. The lowest BCUT2D eigenvalue weighted by Crippen LogP contribution is -2.25. The minimum absolute atomic E-state index is 0.0124. The smallest absolute Gasteiger partial charge is 0.239 e. The zero-order chi connectivity index (χ0) is 8.85. The third kappa shape index (κ3) is 5.13. The van der Waals surface area contributed by atoms with Crippen molar-refractivity contribution in [3.63, 3.8) is 0 Å². The zero-order valence-electron chi connectivity index (χ0n) is 7.40. The fraction of sp³-hybridized carbons (Fsp3) is 1.00. The highest BCUT2D eigenvalue weighted by Crippen LogP contribution is 2.18. The van der Waals surface area contributed by atoms with Crippen LogP contribution in [-0.2, 0) is 0 Å². The van der Waals surface area contributed by atoms with Crippen molar-refractivity contribution < 1.29 is 8.78 Å². The minimum Gasteiger partial charge on any atom is -0.319 e. The lowest BCUT2D eigenvalue weighted by molar-refractivity contribution is 0.102. The summed E-state index contributed by atoms with van der Waals surface area (Å²) in [5.41, 5.74) is 0. The Balaban J connectivity index is 3.69. The van der Waals surface area contributed by atoms with Gasteiger partial charge in [0.05, 0.1) is 0 Å². The maximum Gasteiger partial charge on any atom is 0.239 e. The lowest BCUT2D eigenvalue weighted by Gasteiger charge is -2.19. The van der Waals surface area contributed by atoms with Crippen LogP contribution in [0.4, 0.5) is 8.78 Å². The van der Waals surface area contributed by atoms with Gasteiger partial charge in [-0.2, -0.15) is 0 Å². The molecule has 0 saturated heterocycles. The quantitative estimate of drug-likeness (QED) is 0.658. The molecule has 1 N–H and O–H groups in total. The van der Waals surface area contributed by atoms with Crippen LogP contribution in [0, 0.1) is 11.8 Å². The Kier molecular flexibility index (Phi) is 5.38. The fourth-order valence-electron chi connectivity index (χ4n) is 1.08. The van der Waals surface area contributed by atoms with Crippen LogP contribution in [0.5, 0.6) is 0 Å². The average Bonchev–Trinajstić information content (AvgIpc) is 1.86. The molecule has 0 fully saturated rings. The van der Waals surface area contributed by atoms with Gasteiger partial charge in [-0.05, 0) is 25.4 Å². The van der Waals surface area contributed by atoms with E-state index in [1.165, 1.54) is 0 Å². The number of rotatable bonds is 5. The van der Waals surface area contributed by atoms with E-state index in [9.17, 15) is 8.78 Å². The summed E-state index contributed by atoms with van der Waals surface area (Å²) < 4.78 is 23.9. The van der Waals surface area contributed by atoms with Gasteiger partial charge in [0.15, 0.2) is 0 Å². The molecular formula is C8H17F2N. The fourth-order valence-corrected chi connectivity index (χ4v) is 1.08. The third-order valence-corrected chi connectivity index (χ3v) is 1.89. The van der Waals surface area contributed by atoms with Gasteiger partial charge in [-0.25, -0.2) is 8.78 Å². The van der Waals surface area contributed by atoms with Crippen molar-refractivity contribution in [3.8, 4) is 0 Å². The summed E-state index contributed by atoms with van der Waals surface area (Å²) in [5.74, 6) is 0.427.